The summed E-state index contributed by atoms with van der Waals surface area (Å²) in [6.45, 7) is 9.28. The Hall–Kier alpha value is -6.18. The van der Waals surface area contributed by atoms with Crippen LogP contribution in [0.1, 0.15) is 97.7 Å². The second kappa shape index (κ2) is 14.9. The topological polar surface area (TPSA) is 3.24 Å². The number of aryl methyl sites for hydroxylation is 1. The number of hydrogen-bond acceptors (Lipinski definition) is 1. The Labute approximate surface area is 351 Å². The molecule has 0 atom stereocenters. The lowest BCUT2D eigenvalue weighted by molar-refractivity contribution is 0.443. The van der Waals surface area contributed by atoms with Crippen LogP contribution < -0.4 is 4.90 Å². The molecule has 0 radical (unpaired) electrons. The Bertz CT molecular complexity index is 2740. The van der Waals surface area contributed by atoms with Crippen LogP contribution >= 0.6 is 0 Å². The van der Waals surface area contributed by atoms with Crippen LogP contribution in [0.2, 0.25) is 0 Å². The Morgan fingerprint density at radius 2 is 1.10 bits per heavy atom. The van der Waals surface area contributed by atoms with Crippen molar-refractivity contribution in [2.75, 3.05) is 4.90 Å². The minimum atomic E-state index is -0.503. The first kappa shape index (κ1) is 37.1. The maximum atomic E-state index is 2.56. The largest absolute Gasteiger partial charge is 0.310 e. The standard InChI is InChI=1S/C58H53N/c1-40-19-18-30-53-56(40)50-36-35-48(39-54(50)58(53,45-24-10-6-11-25-45)46-26-12-7-13-27-46)59(47-33-31-42(32-34-47)41-20-8-5-9-21-41)55-38-44-23-15-14-22-43(44)37-51(55)49-28-16-17-29-52(49)57(2,3)4/h6-7,10-19,22-39,41H,5,8-9,20-21H2,1-4H3. The van der Waals surface area contributed by atoms with Gasteiger partial charge in [-0.05, 0) is 134 Å². The van der Waals surface area contributed by atoms with Gasteiger partial charge in [0.15, 0.2) is 0 Å². The minimum absolute atomic E-state index is 0.0475. The number of nitrogens with zero attached hydrogens (tertiary/aromatic N) is 1. The van der Waals surface area contributed by atoms with E-state index in [9.17, 15) is 0 Å². The quantitative estimate of drug-likeness (QED) is 0.156. The monoisotopic (exact) mass is 763 g/mol. The lowest BCUT2D eigenvalue weighted by atomic mass is 9.67. The second-order valence-corrected chi connectivity index (χ2v) is 18.0. The predicted octanol–water partition coefficient (Wildman–Crippen LogP) is 16.0. The first-order valence-electron chi connectivity index (χ1n) is 21.7. The van der Waals surface area contributed by atoms with Gasteiger partial charge in [0, 0.05) is 16.9 Å². The van der Waals surface area contributed by atoms with Crippen LogP contribution in [0.25, 0.3) is 33.0 Å². The van der Waals surface area contributed by atoms with E-state index in [4.69, 9.17) is 0 Å². The van der Waals surface area contributed by atoms with E-state index >= 15 is 0 Å². The highest BCUT2D eigenvalue weighted by atomic mass is 15.1. The molecule has 59 heavy (non-hydrogen) atoms. The first-order chi connectivity index (χ1) is 28.8. The van der Waals surface area contributed by atoms with E-state index in [1.54, 1.807) is 0 Å². The highest BCUT2D eigenvalue weighted by Gasteiger charge is 2.47. The predicted molar refractivity (Wildman–Crippen MR) is 251 cm³/mol. The number of fused-ring (bicyclic) bond motifs is 4. The van der Waals surface area contributed by atoms with Gasteiger partial charge in [-0.25, -0.2) is 0 Å². The third-order valence-electron chi connectivity index (χ3n) is 13.4. The fourth-order valence-electron chi connectivity index (χ4n) is 10.6. The van der Waals surface area contributed by atoms with Crippen molar-refractivity contribution in [2.24, 2.45) is 0 Å². The molecule has 1 heteroatoms. The Morgan fingerprint density at radius 1 is 0.492 bits per heavy atom. The van der Waals surface area contributed by atoms with Crippen molar-refractivity contribution >= 4 is 27.8 Å². The average molecular weight is 764 g/mol. The second-order valence-electron chi connectivity index (χ2n) is 18.0. The number of rotatable bonds is 7. The van der Waals surface area contributed by atoms with Gasteiger partial charge in [-0.3, -0.25) is 0 Å². The molecule has 0 unspecified atom stereocenters. The Kier molecular flexibility index (Phi) is 9.36. The zero-order valence-electron chi connectivity index (χ0n) is 34.9. The van der Waals surface area contributed by atoms with E-state index < -0.39 is 5.41 Å². The van der Waals surface area contributed by atoms with Crippen molar-refractivity contribution in [1.82, 2.24) is 0 Å². The van der Waals surface area contributed by atoms with Crippen LogP contribution in [0.3, 0.4) is 0 Å². The van der Waals surface area contributed by atoms with Gasteiger partial charge in [0.2, 0.25) is 0 Å². The molecule has 1 nitrogen and oxygen atoms in total. The summed E-state index contributed by atoms with van der Waals surface area (Å²) in [6, 6.07) is 69.0. The molecular weight excluding hydrogens is 711 g/mol. The van der Waals surface area contributed by atoms with E-state index in [0.717, 1.165) is 5.69 Å². The van der Waals surface area contributed by atoms with Gasteiger partial charge in [0.25, 0.3) is 0 Å². The van der Waals surface area contributed by atoms with Crippen molar-refractivity contribution in [3.8, 4) is 22.3 Å². The van der Waals surface area contributed by atoms with Gasteiger partial charge >= 0.3 is 0 Å². The first-order valence-corrected chi connectivity index (χ1v) is 21.7. The molecule has 0 spiro atoms. The summed E-state index contributed by atoms with van der Waals surface area (Å²) >= 11 is 0. The Morgan fingerprint density at radius 3 is 1.78 bits per heavy atom. The van der Waals surface area contributed by atoms with Crippen LogP contribution in [0, 0.1) is 6.92 Å². The summed E-state index contributed by atoms with van der Waals surface area (Å²) in [5, 5.41) is 2.48. The Balaban J connectivity index is 1.28. The van der Waals surface area contributed by atoms with Crippen LogP contribution in [-0.4, -0.2) is 0 Å². The highest BCUT2D eigenvalue weighted by molar-refractivity contribution is 6.00. The molecule has 0 aromatic heterocycles. The molecule has 0 bridgehead atoms. The molecule has 10 rings (SSSR count). The van der Waals surface area contributed by atoms with Gasteiger partial charge in [0.1, 0.15) is 0 Å². The van der Waals surface area contributed by atoms with E-state index in [1.165, 1.54) is 115 Å². The summed E-state index contributed by atoms with van der Waals surface area (Å²) in [7, 11) is 0. The summed E-state index contributed by atoms with van der Waals surface area (Å²) in [4.78, 5) is 2.56. The maximum Gasteiger partial charge on any atom is 0.0714 e. The van der Waals surface area contributed by atoms with Crippen molar-refractivity contribution in [3.05, 3.63) is 221 Å². The molecule has 0 amide bonds. The lowest BCUT2D eigenvalue weighted by Crippen LogP contribution is -2.28. The SMILES string of the molecule is Cc1cccc2c1-c1ccc(N(c3ccc(C4CCCCC4)cc3)c3cc4ccccc4cc3-c3ccccc3C(C)(C)C)cc1C2(c1ccccc1)c1ccccc1. The summed E-state index contributed by atoms with van der Waals surface area (Å²) in [5.74, 6) is 0.639. The van der Waals surface area contributed by atoms with Crippen LogP contribution in [-0.2, 0) is 10.8 Å². The lowest BCUT2D eigenvalue weighted by Gasteiger charge is -2.35. The zero-order valence-corrected chi connectivity index (χ0v) is 34.9. The number of benzene rings is 8. The maximum absolute atomic E-state index is 2.56. The molecule has 8 aromatic carbocycles. The van der Waals surface area contributed by atoms with E-state index in [1.807, 2.05) is 0 Å². The van der Waals surface area contributed by atoms with Crippen molar-refractivity contribution < 1.29 is 0 Å². The van der Waals surface area contributed by atoms with Crippen molar-refractivity contribution in [3.63, 3.8) is 0 Å². The summed E-state index contributed by atoms with van der Waals surface area (Å²) < 4.78 is 0. The number of hydrogen-bond donors (Lipinski definition) is 0. The third kappa shape index (κ3) is 6.31. The van der Waals surface area contributed by atoms with Crippen molar-refractivity contribution in [1.29, 1.82) is 0 Å². The number of anilines is 3. The molecule has 0 aliphatic heterocycles. The summed E-state index contributed by atoms with van der Waals surface area (Å²) in [5.41, 5.74) is 17.5. The van der Waals surface area contributed by atoms with Crippen molar-refractivity contribution in [2.45, 2.75) is 76.5 Å². The van der Waals surface area contributed by atoms with Gasteiger partial charge in [-0.2, -0.15) is 0 Å². The van der Waals surface area contributed by atoms with Gasteiger partial charge in [0.05, 0.1) is 11.1 Å². The van der Waals surface area contributed by atoms with E-state index in [0.29, 0.717) is 5.92 Å². The molecule has 290 valence electrons. The minimum Gasteiger partial charge on any atom is -0.310 e. The molecule has 0 saturated heterocycles. The van der Waals surface area contributed by atoms with Crippen LogP contribution in [0.5, 0.6) is 0 Å². The van der Waals surface area contributed by atoms with E-state index in [2.05, 4.69) is 215 Å². The summed E-state index contributed by atoms with van der Waals surface area (Å²) in [6.07, 6.45) is 6.58. The normalized spacial score (nSPS) is 14.8. The van der Waals surface area contributed by atoms with E-state index in [-0.39, 0.29) is 5.41 Å². The molecule has 8 aromatic rings. The molecule has 1 fully saturated rings. The smallest absolute Gasteiger partial charge is 0.0714 e. The van der Waals surface area contributed by atoms with Crippen LogP contribution in [0.15, 0.2) is 182 Å². The molecule has 0 N–H and O–H groups in total. The average Bonchev–Trinajstić information content (AvgIpc) is 3.58. The molecule has 2 aliphatic rings. The zero-order chi connectivity index (χ0) is 40.1. The van der Waals surface area contributed by atoms with Gasteiger partial charge in [-0.15, -0.1) is 0 Å². The van der Waals surface area contributed by atoms with Gasteiger partial charge < -0.3 is 4.90 Å². The van der Waals surface area contributed by atoms with Gasteiger partial charge in [-0.1, -0.05) is 186 Å². The highest BCUT2D eigenvalue weighted by Crippen LogP contribution is 2.58. The molecular formula is C58H53N. The fourth-order valence-corrected chi connectivity index (χ4v) is 10.6. The molecule has 0 heterocycles. The van der Waals surface area contributed by atoms with Crippen LogP contribution in [0.4, 0.5) is 17.1 Å². The molecule has 1 saturated carbocycles. The molecule has 2 aliphatic carbocycles. The fraction of sp³-hybridized carbons (Fsp3) is 0.207. The third-order valence-corrected chi connectivity index (χ3v) is 13.4.